The fourth-order valence-electron chi connectivity index (χ4n) is 1.73. The smallest absolute Gasteiger partial charge is 0.0545 e. The van der Waals surface area contributed by atoms with E-state index >= 15 is 0 Å². The summed E-state index contributed by atoms with van der Waals surface area (Å²) < 4.78 is 0. The van der Waals surface area contributed by atoms with Crippen LogP contribution in [0.4, 0.5) is 0 Å². The van der Waals surface area contributed by atoms with Gasteiger partial charge in [0.15, 0.2) is 0 Å². The molecule has 0 aliphatic heterocycles. The van der Waals surface area contributed by atoms with Gasteiger partial charge >= 0.3 is 0 Å². The van der Waals surface area contributed by atoms with Crippen molar-refractivity contribution in [2.75, 3.05) is 5.75 Å². The highest BCUT2D eigenvalue weighted by molar-refractivity contribution is 7.99. The molecule has 0 spiro atoms. The summed E-state index contributed by atoms with van der Waals surface area (Å²) in [6, 6.07) is 7.22. The molecular formula is C15H22ClNS. The fraction of sp³-hybridized carbons (Fsp3) is 0.600. The van der Waals surface area contributed by atoms with Gasteiger partial charge in [-0.05, 0) is 48.6 Å². The standard InChI is InChI=1S/C15H22ClNS/c1-11(2)7-8-18-15-6-3-12(9-14(15)16)10-17-13-4-5-13/h3,6,9,11,13,17H,4-5,7-8,10H2,1-2H3. The molecule has 1 aliphatic carbocycles. The third-order valence-corrected chi connectivity index (χ3v) is 4.65. The van der Waals surface area contributed by atoms with Gasteiger partial charge in [-0.25, -0.2) is 0 Å². The van der Waals surface area contributed by atoms with Crippen molar-refractivity contribution in [1.82, 2.24) is 5.32 Å². The van der Waals surface area contributed by atoms with Crippen LogP contribution in [-0.4, -0.2) is 11.8 Å². The number of nitrogens with one attached hydrogen (secondary N) is 1. The second-order valence-corrected chi connectivity index (χ2v) is 6.99. The molecule has 100 valence electrons. The number of hydrogen-bond acceptors (Lipinski definition) is 2. The Kier molecular flexibility index (Phi) is 5.40. The first-order valence-corrected chi connectivity index (χ1v) is 8.16. The van der Waals surface area contributed by atoms with Crippen molar-refractivity contribution in [2.24, 2.45) is 5.92 Å². The first-order valence-electron chi connectivity index (χ1n) is 6.80. The summed E-state index contributed by atoms with van der Waals surface area (Å²) in [5.74, 6) is 1.91. The van der Waals surface area contributed by atoms with Crippen LogP contribution in [0, 0.1) is 5.92 Å². The molecule has 1 aromatic rings. The van der Waals surface area contributed by atoms with Gasteiger partial charge in [0.25, 0.3) is 0 Å². The topological polar surface area (TPSA) is 12.0 Å². The predicted octanol–water partition coefficient (Wildman–Crippen LogP) is 4.73. The molecule has 1 saturated carbocycles. The molecule has 1 aromatic carbocycles. The summed E-state index contributed by atoms with van der Waals surface area (Å²) in [6.07, 6.45) is 3.90. The predicted molar refractivity (Wildman–Crippen MR) is 81.5 cm³/mol. The minimum atomic E-state index is 0.754. The van der Waals surface area contributed by atoms with Crippen molar-refractivity contribution in [3.63, 3.8) is 0 Å². The molecule has 1 aliphatic rings. The highest BCUT2D eigenvalue weighted by Crippen LogP contribution is 2.29. The van der Waals surface area contributed by atoms with Crippen molar-refractivity contribution in [3.8, 4) is 0 Å². The van der Waals surface area contributed by atoms with Gasteiger partial charge in [0.05, 0.1) is 5.02 Å². The van der Waals surface area contributed by atoms with Gasteiger partial charge in [0.1, 0.15) is 0 Å². The maximum Gasteiger partial charge on any atom is 0.0545 e. The van der Waals surface area contributed by atoms with E-state index in [4.69, 9.17) is 11.6 Å². The Morgan fingerprint density at radius 1 is 1.39 bits per heavy atom. The summed E-state index contributed by atoms with van der Waals surface area (Å²) in [4.78, 5) is 1.22. The Bertz CT molecular complexity index is 388. The summed E-state index contributed by atoms with van der Waals surface area (Å²) in [5, 5.41) is 4.41. The van der Waals surface area contributed by atoms with E-state index in [1.807, 2.05) is 11.8 Å². The van der Waals surface area contributed by atoms with Crippen LogP contribution in [0.3, 0.4) is 0 Å². The van der Waals surface area contributed by atoms with Crippen LogP contribution >= 0.6 is 23.4 Å². The molecule has 18 heavy (non-hydrogen) atoms. The Morgan fingerprint density at radius 3 is 2.78 bits per heavy atom. The van der Waals surface area contributed by atoms with E-state index < -0.39 is 0 Å². The van der Waals surface area contributed by atoms with Crippen molar-refractivity contribution in [3.05, 3.63) is 28.8 Å². The molecule has 0 bridgehead atoms. The Labute approximate surface area is 120 Å². The second kappa shape index (κ2) is 6.83. The molecular weight excluding hydrogens is 262 g/mol. The van der Waals surface area contributed by atoms with Crippen molar-refractivity contribution >= 4 is 23.4 Å². The van der Waals surface area contributed by atoms with Gasteiger partial charge in [0.2, 0.25) is 0 Å². The van der Waals surface area contributed by atoms with Gasteiger partial charge in [0, 0.05) is 17.5 Å². The number of rotatable bonds is 7. The normalized spacial score (nSPS) is 15.3. The lowest BCUT2D eigenvalue weighted by Crippen LogP contribution is -2.15. The quantitative estimate of drug-likeness (QED) is 0.726. The lowest BCUT2D eigenvalue weighted by molar-refractivity contribution is 0.632. The lowest BCUT2D eigenvalue weighted by atomic mass is 10.2. The van der Waals surface area contributed by atoms with E-state index in [1.54, 1.807) is 0 Å². The summed E-state index contributed by atoms with van der Waals surface area (Å²) in [5.41, 5.74) is 1.29. The van der Waals surface area contributed by atoms with Crippen LogP contribution < -0.4 is 5.32 Å². The molecule has 0 heterocycles. The van der Waals surface area contributed by atoms with Crippen LogP contribution in [0.25, 0.3) is 0 Å². The molecule has 0 unspecified atom stereocenters. The largest absolute Gasteiger partial charge is 0.310 e. The molecule has 0 radical (unpaired) electrons. The third kappa shape index (κ3) is 4.83. The molecule has 0 aromatic heterocycles. The average molecular weight is 284 g/mol. The zero-order valence-electron chi connectivity index (χ0n) is 11.2. The summed E-state index contributed by atoms with van der Waals surface area (Å²) >= 11 is 8.20. The van der Waals surface area contributed by atoms with Gasteiger partial charge in [-0.15, -0.1) is 11.8 Å². The fourth-order valence-corrected chi connectivity index (χ4v) is 3.26. The second-order valence-electron chi connectivity index (χ2n) is 5.45. The maximum absolute atomic E-state index is 6.33. The number of halogens is 1. The monoisotopic (exact) mass is 283 g/mol. The van der Waals surface area contributed by atoms with E-state index in [0.29, 0.717) is 0 Å². The van der Waals surface area contributed by atoms with Crippen molar-refractivity contribution < 1.29 is 0 Å². The molecule has 1 nitrogen and oxygen atoms in total. The van der Waals surface area contributed by atoms with E-state index in [-0.39, 0.29) is 0 Å². The highest BCUT2D eigenvalue weighted by Gasteiger charge is 2.19. The Morgan fingerprint density at radius 2 is 2.17 bits per heavy atom. The third-order valence-electron chi connectivity index (χ3n) is 3.12. The highest BCUT2D eigenvalue weighted by atomic mass is 35.5. The minimum Gasteiger partial charge on any atom is -0.310 e. The lowest BCUT2D eigenvalue weighted by Gasteiger charge is -2.09. The molecule has 1 N–H and O–H groups in total. The molecule has 0 atom stereocenters. The van der Waals surface area contributed by atoms with Crippen molar-refractivity contribution in [2.45, 2.75) is 50.6 Å². The Hall–Kier alpha value is -0.180. The summed E-state index contributed by atoms with van der Waals surface area (Å²) in [6.45, 7) is 5.46. The van der Waals surface area contributed by atoms with Gasteiger partial charge in [-0.3, -0.25) is 0 Å². The number of hydrogen-bond donors (Lipinski definition) is 1. The molecule has 2 rings (SSSR count). The molecule has 3 heteroatoms. The molecule has 0 saturated heterocycles. The van der Waals surface area contributed by atoms with Crippen LogP contribution in [0.2, 0.25) is 5.02 Å². The van der Waals surface area contributed by atoms with Crippen LogP contribution in [-0.2, 0) is 6.54 Å². The van der Waals surface area contributed by atoms with E-state index in [0.717, 1.165) is 29.3 Å². The maximum atomic E-state index is 6.33. The first kappa shape index (κ1) is 14.2. The zero-order valence-corrected chi connectivity index (χ0v) is 12.8. The van der Waals surface area contributed by atoms with Gasteiger partial charge < -0.3 is 5.32 Å². The SMILES string of the molecule is CC(C)CCSc1ccc(CNC2CC2)cc1Cl. The molecule has 0 amide bonds. The Balaban J connectivity index is 1.83. The minimum absolute atomic E-state index is 0.754. The van der Waals surface area contributed by atoms with Gasteiger partial charge in [-0.1, -0.05) is 31.5 Å². The molecule has 1 fully saturated rings. The average Bonchev–Trinajstić information content (AvgIpc) is 3.12. The van der Waals surface area contributed by atoms with E-state index in [2.05, 4.69) is 37.4 Å². The number of thioether (sulfide) groups is 1. The summed E-state index contributed by atoms with van der Waals surface area (Å²) in [7, 11) is 0. The first-order chi connectivity index (χ1) is 8.65. The zero-order chi connectivity index (χ0) is 13.0. The van der Waals surface area contributed by atoms with Crippen LogP contribution in [0.15, 0.2) is 23.1 Å². The van der Waals surface area contributed by atoms with Crippen molar-refractivity contribution in [1.29, 1.82) is 0 Å². The van der Waals surface area contributed by atoms with Gasteiger partial charge in [-0.2, -0.15) is 0 Å². The van der Waals surface area contributed by atoms with Crippen LogP contribution in [0.5, 0.6) is 0 Å². The number of benzene rings is 1. The van der Waals surface area contributed by atoms with E-state index in [9.17, 15) is 0 Å². The van der Waals surface area contributed by atoms with Crippen LogP contribution in [0.1, 0.15) is 38.7 Å². The van der Waals surface area contributed by atoms with E-state index in [1.165, 1.54) is 29.7 Å².